The zero-order valence-corrected chi connectivity index (χ0v) is 24.3. The average molecular weight is 604 g/mol. The summed E-state index contributed by atoms with van der Waals surface area (Å²) >= 11 is 3.64. The maximum atomic E-state index is 14.5. The quantitative estimate of drug-likeness (QED) is 0.369. The maximum absolute atomic E-state index is 14.5. The van der Waals surface area contributed by atoms with Crippen LogP contribution in [0.1, 0.15) is 29.8 Å². The molecule has 0 aromatic heterocycles. The molecule has 0 aliphatic carbocycles. The minimum atomic E-state index is -0.835. The van der Waals surface area contributed by atoms with Gasteiger partial charge in [-0.05, 0) is 92.6 Å². The summed E-state index contributed by atoms with van der Waals surface area (Å²) in [5.41, 5.74) is 4.44. The van der Waals surface area contributed by atoms with Crippen LogP contribution in [0.5, 0.6) is 5.75 Å². The van der Waals surface area contributed by atoms with Crippen molar-refractivity contribution in [1.29, 1.82) is 0 Å². The largest absolute Gasteiger partial charge is 0.497 e. The van der Waals surface area contributed by atoms with Crippen molar-refractivity contribution in [1.82, 2.24) is 0 Å². The number of hydrogen-bond acceptors (Lipinski definition) is 7. The Bertz CT molecular complexity index is 1490. The number of halogens is 1. The Morgan fingerprint density at radius 1 is 1.05 bits per heavy atom. The molecule has 6 rings (SSSR count). The highest BCUT2D eigenvalue weighted by Crippen LogP contribution is 2.49. The van der Waals surface area contributed by atoms with Crippen LogP contribution >= 0.6 is 15.9 Å². The van der Waals surface area contributed by atoms with Crippen LogP contribution in [0, 0.1) is 5.41 Å². The molecule has 0 unspecified atom stereocenters. The highest BCUT2D eigenvalue weighted by molar-refractivity contribution is 9.10. The lowest BCUT2D eigenvalue weighted by Crippen LogP contribution is -2.67. The molecule has 1 saturated heterocycles. The third kappa shape index (κ3) is 4.23. The Hall–Kier alpha value is -3.85. The lowest BCUT2D eigenvalue weighted by molar-refractivity contribution is -0.125. The summed E-state index contributed by atoms with van der Waals surface area (Å²) < 4.78 is 11.5. The van der Waals surface area contributed by atoms with E-state index in [9.17, 15) is 9.59 Å². The molecule has 3 aliphatic heterocycles. The van der Waals surface area contributed by atoms with Crippen LogP contribution in [0.4, 0.5) is 17.1 Å². The second kappa shape index (κ2) is 10.3. The molecule has 3 aliphatic rings. The fourth-order valence-electron chi connectivity index (χ4n) is 6.26. The summed E-state index contributed by atoms with van der Waals surface area (Å²) in [7, 11) is 1.67. The molecule has 3 aromatic carbocycles. The molecular weight excluding hydrogens is 572 g/mol. The summed E-state index contributed by atoms with van der Waals surface area (Å²) in [4.78, 5) is 31.5. The monoisotopic (exact) mass is 602 g/mol. The van der Waals surface area contributed by atoms with Crippen molar-refractivity contribution < 1.29 is 19.1 Å². The third-order valence-electron chi connectivity index (χ3n) is 8.30. The van der Waals surface area contributed by atoms with Gasteiger partial charge in [-0.1, -0.05) is 15.9 Å². The SMILES string of the molecule is CCOC(=O)c1ccc(N2N=C(C)[C@]3(Cc4cc(Br)ccc4N4CCN(c5ccc(OC)cc5)C[C@H]43)C2=O)cc1. The number of rotatable bonds is 5. The molecule has 8 nitrogen and oxygen atoms in total. The number of piperazine rings is 1. The molecule has 1 spiro atoms. The number of carbonyl (C=O) groups excluding carboxylic acids is 2. The van der Waals surface area contributed by atoms with E-state index in [0.29, 0.717) is 30.8 Å². The van der Waals surface area contributed by atoms with Crippen LogP contribution in [-0.2, 0) is 16.0 Å². The van der Waals surface area contributed by atoms with Crippen LogP contribution in [0.3, 0.4) is 0 Å². The molecule has 0 radical (unpaired) electrons. The number of hydrogen-bond donors (Lipinski definition) is 0. The van der Waals surface area contributed by atoms with Crippen LogP contribution in [0.25, 0.3) is 0 Å². The van der Waals surface area contributed by atoms with Crippen molar-refractivity contribution in [2.24, 2.45) is 10.5 Å². The minimum absolute atomic E-state index is 0.0499. The zero-order valence-electron chi connectivity index (χ0n) is 22.8. The highest BCUT2D eigenvalue weighted by atomic mass is 79.9. The van der Waals surface area contributed by atoms with Gasteiger partial charge in [-0.3, -0.25) is 4.79 Å². The van der Waals surface area contributed by atoms with Crippen molar-refractivity contribution >= 4 is 50.6 Å². The van der Waals surface area contributed by atoms with Gasteiger partial charge in [-0.2, -0.15) is 10.1 Å². The first-order valence-electron chi connectivity index (χ1n) is 13.5. The lowest BCUT2D eigenvalue weighted by Gasteiger charge is -2.53. The van der Waals surface area contributed by atoms with E-state index in [1.165, 1.54) is 10.7 Å². The molecule has 1 amide bonds. The molecule has 3 aromatic rings. The number of esters is 1. The number of hydrazone groups is 1. The van der Waals surface area contributed by atoms with Crippen LogP contribution in [0.2, 0.25) is 0 Å². The molecule has 3 heterocycles. The van der Waals surface area contributed by atoms with Crippen molar-refractivity contribution in [3.63, 3.8) is 0 Å². The third-order valence-corrected chi connectivity index (χ3v) is 8.79. The van der Waals surface area contributed by atoms with Crippen LogP contribution < -0.4 is 19.5 Å². The van der Waals surface area contributed by atoms with E-state index in [2.05, 4.69) is 56.1 Å². The fourth-order valence-corrected chi connectivity index (χ4v) is 6.67. The molecule has 1 fully saturated rings. The molecule has 0 saturated carbocycles. The Labute approximate surface area is 242 Å². The summed E-state index contributed by atoms with van der Waals surface area (Å²) in [6.45, 7) is 6.34. The molecular formula is C31H31BrN4O4. The van der Waals surface area contributed by atoms with Crippen molar-refractivity contribution in [3.8, 4) is 5.75 Å². The van der Waals surface area contributed by atoms with Gasteiger partial charge in [0.2, 0.25) is 0 Å². The van der Waals surface area contributed by atoms with E-state index in [1.807, 2.05) is 19.1 Å². The van der Waals surface area contributed by atoms with Gasteiger partial charge in [0.15, 0.2) is 0 Å². The number of nitrogens with zero attached hydrogens (tertiary/aromatic N) is 4. The fraction of sp³-hybridized carbons (Fsp3) is 0.323. The van der Waals surface area contributed by atoms with E-state index >= 15 is 0 Å². The predicted molar refractivity (Wildman–Crippen MR) is 160 cm³/mol. The van der Waals surface area contributed by atoms with Crippen molar-refractivity contribution in [2.45, 2.75) is 26.3 Å². The standard InChI is InChI=1S/C31H31BrN4O4/c1-4-40-29(37)21-5-8-25(9-6-21)36-30(38)31(20(2)33-36)18-22-17-23(32)7-14-27(22)35-16-15-34(19-28(31)35)24-10-12-26(39-3)13-11-24/h5-14,17,28H,4,15-16,18-19H2,1-3H3/t28-,31-/m0/s1. The van der Waals surface area contributed by atoms with Gasteiger partial charge in [0, 0.05) is 35.5 Å². The minimum Gasteiger partial charge on any atom is -0.497 e. The normalized spacial score (nSPS) is 21.7. The lowest BCUT2D eigenvalue weighted by atomic mass is 9.67. The summed E-state index contributed by atoms with van der Waals surface area (Å²) in [5, 5.41) is 6.36. The Kier molecular flexibility index (Phi) is 6.78. The molecule has 2 atom stereocenters. The summed E-state index contributed by atoms with van der Waals surface area (Å²) in [5.74, 6) is 0.379. The second-order valence-electron chi connectivity index (χ2n) is 10.3. The Balaban J connectivity index is 1.38. The van der Waals surface area contributed by atoms with E-state index in [1.54, 1.807) is 38.3 Å². The van der Waals surface area contributed by atoms with Gasteiger partial charge in [0.25, 0.3) is 5.91 Å². The zero-order chi connectivity index (χ0) is 28.0. The van der Waals surface area contributed by atoms with E-state index in [4.69, 9.17) is 14.6 Å². The first-order chi connectivity index (χ1) is 19.3. The molecule has 40 heavy (non-hydrogen) atoms. The average Bonchev–Trinajstić information content (AvgIpc) is 3.22. The van der Waals surface area contributed by atoms with Gasteiger partial charge in [0.05, 0.1) is 36.7 Å². The first-order valence-corrected chi connectivity index (χ1v) is 14.3. The second-order valence-corrected chi connectivity index (χ2v) is 11.3. The molecule has 0 bridgehead atoms. The van der Waals surface area contributed by atoms with Crippen molar-refractivity contribution in [3.05, 3.63) is 82.3 Å². The molecule has 9 heteroatoms. The number of amides is 1. The molecule has 0 N–H and O–H groups in total. The number of methoxy groups -OCH3 is 1. The smallest absolute Gasteiger partial charge is 0.338 e. The Morgan fingerprint density at radius 2 is 1.77 bits per heavy atom. The number of ether oxygens (including phenoxy) is 2. The van der Waals surface area contributed by atoms with Gasteiger partial charge in [-0.15, -0.1) is 0 Å². The predicted octanol–water partition coefficient (Wildman–Crippen LogP) is 5.29. The van der Waals surface area contributed by atoms with Gasteiger partial charge in [-0.25, -0.2) is 4.79 Å². The number of carbonyl (C=O) groups is 2. The summed E-state index contributed by atoms with van der Waals surface area (Å²) in [6.07, 6.45) is 0.560. The van der Waals surface area contributed by atoms with E-state index in [-0.39, 0.29) is 17.9 Å². The van der Waals surface area contributed by atoms with Crippen LogP contribution in [0.15, 0.2) is 76.3 Å². The van der Waals surface area contributed by atoms with E-state index < -0.39 is 5.41 Å². The van der Waals surface area contributed by atoms with Gasteiger partial charge >= 0.3 is 5.97 Å². The number of benzene rings is 3. The topological polar surface area (TPSA) is 74.7 Å². The molecule has 206 valence electrons. The van der Waals surface area contributed by atoms with Crippen molar-refractivity contribution in [2.75, 3.05) is 48.2 Å². The summed E-state index contributed by atoms with van der Waals surface area (Å²) in [6, 6.07) is 21.2. The maximum Gasteiger partial charge on any atom is 0.338 e. The van der Waals surface area contributed by atoms with Gasteiger partial charge < -0.3 is 19.3 Å². The van der Waals surface area contributed by atoms with Crippen LogP contribution in [-0.4, -0.2) is 57.0 Å². The number of anilines is 3. The number of fused-ring (bicyclic) bond motifs is 4. The van der Waals surface area contributed by atoms with E-state index in [0.717, 1.165) is 40.3 Å². The first kappa shape index (κ1) is 26.4. The van der Waals surface area contributed by atoms with Gasteiger partial charge in [0.1, 0.15) is 11.2 Å². The Morgan fingerprint density at radius 3 is 2.48 bits per heavy atom. The highest BCUT2D eigenvalue weighted by Gasteiger charge is 2.60.